The molecule has 7 heteroatoms. The predicted octanol–water partition coefficient (Wildman–Crippen LogP) is 1.98. The van der Waals surface area contributed by atoms with Crippen molar-refractivity contribution in [1.82, 2.24) is 0 Å². The molecule has 1 heterocycles. The molecule has 1 aliphatic heterocycles. The van der Waals surface area contributed by atoms with Gasteiger partial charge in [-0.25, -0.2) is 8.78 Å². The number of ether oxygens (including phenoxy) is 1. The van der Waals surface area contributed by atoms with Crippen molar-refractivity contribution in [2.24, 2.45) is 0 Å². The van der Waals surface area contributed by atoms with E-state index in [1.54, 1.807) is 0 Å². The summed E-state index contributed by atoms with van der Waals surface area (Å²) >= 11 is 5.40. The van der Waals surface area contributed by atoms with Crippen LogP contribution in [0.4, 0.5) is 20.2 Å². The maximum Gasteiger partial charge on any atom is 0.239 e. The van der Waals surface area contributed by atoms with Crippen molar-refractivity contribution in [2.45, 2.75) is 0 Å². The SMILES string of the molecule is O=C(CCl)Nc1cc(F)c(F)cc1N1CCOCC1. The average molecular weight is 291 g/mol. The summed E-state index contributed by atoms with van der Waals surface area (Å²) in [5, 5.41) is 2.47. The molecule has 0 atom stereocenters. The van der Waals surface area contributed by atoms with Gasteiger partial charge in [0, 0.05) is 25.2 Å². The number of hydrogen-bond acceptors (Lipinski definition) is 3. The van der Waals surface area contributed by atoms with Crippen molar-refractivity contribution >= 4 is 28.9 Å². The third-order valence-corrected chi connectivity index (χ3v) is 3.03. The van der Waals surface area contributed by atoms with Gasteiger partial charge in [-0.1, -0.05) is 0 Å². The fourth-order valence-corrected chi connectivity index (χ4v) is 1.95. The summed E-state index contributed by atoms with van der Waals surface area (Å²) in [6.45, 7) is 2.10. The van der Waals surface area contributed by atoms with Gasteiger partial charge in [0.25, 0.3) is 0 Å². The van der Waals surface area contributed by atoms with Crippen molar-refractivity contribution in [3.63, 3.8) is 0 Å². The topological polar surface area (TPSA) is 41.6 Å². The van der Waals surface area contributed by atoms with Crippen molar-refractivity contribution in [3.05, 3.63) is 23.8 Å². The summed E-state index contributed by atoms with van der Waals surface area (Å²) in [6.07, 6.45) is 0. The second-order valence-corrected chi connectivity index (χ2v) is 4.33. The maximum absolute atomic E-state index is 13.4. The Bertz CT molecular complexity index is 479. The average Bonchev–Trinajstić information content (AvgIpc) is 2.43. The van der Waals surface area contributed by atoms with Crippen LogP contribution in [0.25, 0.3) is 0 Å². The highest BCUT2D eigenvalue weighted by Crippen LogP contribution is 2.29. The molecule has 104 valence electrons. The second kappa shape index (κ2) is 6.16. The fourth-order valence-electron chi connectivity index (χ4n) is 1.89. The number of anilines is 2. The molecule has 1 amide bonds. The summed E-state index contributed by atoms with van der Waals surface area (Å²) in [4.78, 5) is 13.1. The smallest absolute Gasteiger partial charge is 0.239 e. The minimum Gasteiger partial charge on any atom is -0.378 e. The van der Waals surface area contributed by atoms with Gasteiger partial charge in [-0.05, 0) is 0 Å². The molecule has 0 radical (unpaired) electrons. The van der Waals surface area contributed by atoms with Gasteiger partial charge in [-0.15, -0.1) is 11.6 Å². The van der Waals surface area contributed by atoms with Crippen LogP contribution in [0.2, 0.25) is 0 Å². The largest absolute Gasteiger partial charge is 0.378 e. The van der Waals surface area contributed by atoms with Crippen molar-refractivity contribution in [1.29, 1.82) is 0 Å². The van der Waals surface area contributed by atoms with Crippen LogP contribution in [0.15, 0.2) is 12.1 Å². The summed E-state index contributed by atoms with van der Waals surface area (Å²) < 4.78 is 31.8. The van der Waals surface area contributed by atoms with E-state index in [-0.39, 0.29) is 11.6 Å². The highest BCUT2D eigenvalue weighted by molar-refractivity contribution is 6.29. The molecular formula is C12H13ClF2N2O2. The van der Waals surface area contributed by atoms with Crippen LogP contribution in [0.3, 0.4) is 0 Å². The first-order valence-electron chi connectivity index (χ1n) is 5.79. The number of carbonyl (C=O) groups excluding carboxylic acids is 1. The van der Waals surface area contributed by atoms with E-state index in [2.05, 4.69) is 5.32 Å². The molecule has 4 nitrogen and oxygen atoms in total. The van der Waals surface area contributed by atoms with Gasteiger partial charge in [0.1, 0.15) is 5.88 Å². The van der Waals surface area contributed by atoms with Crippen LogP contribution in [0.5, 0.6) is 0 Å². The molecular weight excluding hydrogens is 278 g/mol. The van der Waals surface area contributed by atoms with Crippen LogP contribution < -0.4 is 10.2 Å². The van der Waals surface area contributed by atoms with E-state index in [0.29, 0.717) is 32.0 Å². The number of rotatable bonds is 3. The molecule has 0 aliphatic carbocycles. The number of morpholine rings is 1. The molecule has 1 aromatic carbocycles. The molecule has 0 bridgehead atoms. The monoisotopic (exact) mass is 290 g/mol. The van der Waals surface area contributed by atoms with Crippen LogP contribution in [0, 0.1) is 11.6 Å². The molecule has 0 aromatic heterocycles. The normalized spacial score (nSPS) is 15.4. The highest BCUT2D eigenvalue weighted by Gasteiger charge is 2.19. The van der Waals surface area contributed by atoms with E-state index >= 15 is 0 Å². The van der Waals surface area contributed by atoms with Crippen molar-refractivity contribution in [2.75, 3.05) is 42.4 Å². The number of carbonyl (C=O) groups is 1. The summed E-state index contributed by atoms with van der Waals surface area (Å²) in [5.41, 5.74) is 0.645. The van der Waals surface area contributed by atoms with E-state index in [9.17, 15) is 13.6 Å². The van der Waals surface area contributed by atoms with Gasteiger partial charge in [0.2, 0.25) is 5.91 Å². The molecule has 0 saturated carbocycles. The zero-order valence-corrected chi connectivity index (χ0v) is 10.8. The Balaban J connectivity index is 2.32. The lowest BCUT2D eigenvalue weighted by Gasteiger charge is -2.30. The Morgan fingerprint density at radius 3 is 2.58 bits per heavy atom. The number of nitrogens with one attached hydrogen (secondary N) is 1. The fraction of sp³-hybridized carbons (Fsp3) is 0.417. The van der Waals surface area contributed by atoms with Gasteiger partial charge >= 0.3 is 0 Å². The van der Waals surface area contributed by atoms with Crippen molar-refractivity contribution in [3.8, 4) is 0 Å². The number of hydrogen-bond donors (Lipinski definition) is 1. The van der Waals surface area contributed by atoms with Crippen LogP contribution >= 0.6 is 11.6 Å². The first kappa shape index (κ1) is 14.0. The maximum atomic E-state index is 13.4. The third kappa shape index (κ3) is 3.33. The van der Waals surface area contributed by atoms with E-state index in [4.69, 9.17) is 16.3 Å². The number of amides is 1. The van der Waals surface area contributed by atoms with Crippen molar-refractivity contribution < 1.29 is 18.3 Å². The van der Waals surface area contributed by atoms with Gasteiger partial charge in [0.05, 0.1) is 24.6 Å². The number of halogens is 3. The minimum atomic E-state index is -1.01. The number of nitrogens with zero attached hydrogens (tertiary/aromatic N) is 1. The first-order valence-corrected chi connectivity index (χ1v) is 6.33. The van der Waals surface area contributed by atoms with E-state index < -0.39 is 17.5 Å². The molecule has 0 unspecified atom stereocenters. The Morgan fingerprint density at radius 1 is 1.32 bits per heavy atom. The van der Waals surface area contributed by atoms with E-state index in [1.807, 2.05) is 4.90 Å². The zero-order valence-electron chi connectivity index (χ0n) is 10.1. The van der Waals surface area contributed by atoms with Crippen LogP contribution in [0.1, 0.15) is 0 Å². The highest BCUT2D eigenvalue weighted by atomic mass is 35.5. The standard InChI is InChI=1S/C12H13ClF2N2O2/c13-7-12(18)16-10-5-8(14)9(15)6-11(10)17-1-3-19-4-2-17/h5-6H,1-4,7H2,(H,16,18). The molecule has 0 spiro atoms. The molecule has 1 N–H and O–H groups in total. The van der Waals surface area contributed by atoms with Crippen LogP contribution in [-0.4, -0.2) is 38.1 Å². The number of alkyl halides is 1. The minimum absolute atomic E-state index is 0.214. The zero-order chi connectivity index (χ0) is 13.8. The molecule has 19 heavy (non-hydrogen) atoms. The molecule has 1 aliphatic rings. The molecule has 1 fully saturated rings. The van der Waals surface area contributed by atoms with Gasteiger partial charge in [-0.2, -0.15) is 0 Å². The summed E-state index contributed by atoms with van der Waals surface area (Å²) in [5.74, 6) is -2.68. The lowest BCUT2D eigenvalue weighted by molar-refractivity contribution is -0.113. The molecule has 1 aromatic rings. The molecule has 1 saturated heterocycles. The molecule has 2 rings (SSSR count). The summed E-state index contributed by atoms with van der Waals surface area (Å²) in [7, 11) is 0. The second-order valence-electron chi connectivity index (χ2n) is 4.06. The van der Waals surface area contributed by atoms with E-state index in [0.717, 1.165) is 12.1 Å². The lowest BCUT2D eigenvalue weighted by Crippen LogP contribution is -2.37. The Kier molecular flexibility index (Phi) is 4.55. The van der Waals surface area contributed by atoms with E-state index in [1.165, 1.54) is 0 Å². The first-order chi connectivity index (χ1) is 9.11. The van der Waals surface area contributed by atoms with Gasteiger partial charge in [-0.3, -0.25) is 4.79 Å². The Hall–Kier alpha value is -1.40. The quantitative estimate of drug-likeness (QED) is 0.866. The predicted molar refractivity (Wildman–Crippen MR) is 68.7 cm³/mol. The number of benzene rings is 1. The lowest BCUT2D eigenvalue weighted by atomic mass is 10.2. The third-order valence-electron chi connectivity index (χ3n) is 2.79. The Labute approximate surface area is 114 Å². The van der Waals surface area contributed by atoms with Gasteiger partial charge in [0.15, 0.2) is 11.6 Å². The van der Waals surface area contributed by atoms with Crippen LogP contribution in [-0.2, 0) is 9.53 Å². The van der Waals surface area contributed by atoms with Gasteiger partial charge < -0.3 is 15.0 Å². The summed E-state index contributed by atoms with van der Waals surface area (Å²) in [6, 6.07) is 2.04. The Morgan fingerprint density at radius 2 is 1.95 bits per heavy atom.